The van der Waals surface area contributed by atoms with E-state index in [1.807, 2.05) is 12.3 Å². The summed E-state index contributed by atoms with van der Waals surface area (Å²) in [6, 6.07) is 8.35. The lowest BCUT2D eigenvalue weighted by Gasteiger charge is -2.03. The summed E-state index contributed by atoms with van der Waals surface area (Å²) in [5.74, 6) is 0. The second-order valence-corrected chi connectivity index (χ2v) is 4.94. The van der Waals surface area contributed by atoms with Crippen LogP contribution in [0.3, 0.4) is 0 Å². The Morgan fingerprint density at radius 1 is 1.29 bits per heavy atom. The highest BCUT2D eigenvalue weighted by Crippen LogP contribution is 2.24. The van der Waals surface area contributed by atoms with Crippen molar-refractivity contribution in [3.05, 3.63) is 46.8 Å². The molecular weight excluding hydrogens is 278 g/mol. The summed E-state index contributed by atoms with van der Waals surface area (Å²) in [6.07, 6.45) is 4.81. The van der Waals surface area contributed by atoms with E-state index in [0.717, 1.165) is 27.6 Å². The number of nitrogens with zero attached hydrogens (tertiary/aromatic N) is 2. The summed E-state index contributed by atoms with van der Waals surface area (Å²) in [7, 11) is 0. The average Bonchev–Trinajstić information content (AvgIpc) is 2.73. The van der Waals surface area contributed by atoms with E-state index in [9.17, 15) is 0 Å². The van der Waals surface area contributed by atoms with Crippen molar-refractivity contribution in [3.63, 3.8) is 0 Å². The van der Waals surface area contributed by atoms with E-state index in [0.29, 0.717) is 6.54 Å². The number of halogens is 1. The molecule has 2 aromatic heterocycles. The molecule has 1 aromatic carbocycles. The molecule has 3 nitrogen and oxygen atoms in total. The van der Waals surface area contributed by atoms with Gasteiger partial charge in [0.25, 0.3) is 0 Å². The van der Waals surface area contributed by atoms with Gasteiger partial charge in [-0.05, 0) is 30.1 Å². The molecule has 4 heteroatoms. The number of hydrogen-bond acceptors (Lipinski definition) is 2. The van der Waals surface area contributed by atoms with Gasteiger partial charge in [0, 0.05) is 34.4 Å². The minimum atomic E-state index is 0.643. The maximum Gasteiger partial charge on any atom is 0.144 e. The average molecular weight is 290 g/mol. The fourth-order valence-electron chi connectivity index (χ4n) is 2.12. The molecule has 2 N–H and O–H groups in total. The number of rotatable bonds is 2. The van der Waals surface area contributed by atoms with E-state index in [1.54, 1.807) is 0 Å². The standard InChI is InChI=1S/C13H12BrN3/c14-10-2-1-9-4-6-17-11(3-5-15)8-16-13(17)12(9)7-10/h1-2,4,6-8H,3,5,15H2. The fourth-order valence-corrected chi connectivity index (χ4v) is 2.48. The maximum absolute atomic E-state index is 5.60. The van der Waals surface area contributed by atoms with Crippen LogP contribution in [0.1, 0.15) is 5.69 Å². The van der Waals surface area contributed by atoms with Crippen molar-refractivity contribution in [2.45, 2.75) is 6.42 Å². The first-order chi connectivity index (χ1) is 8.29. The first-order valence-corrected chi connectivity index (χ1v) is 6.33. The Labute approximate surface area is 107 Å². The van der Waals surface area contributed by atoms with Gasteiger partial charge in [-0.15, -0.1) is 0 Å². The number of nitrogens with two attached hydrogens (primary N) is 1. The van der Waals surface area contributed by atoms with Gasteiger partial charge in [-0.2, -0.15) is 0 Å². The van der Waals surface area contributed by atoms with Crippen molar-refractivity contribution >= 4 is 32.3 Å². The second-order valence-electron chi connectivity index (χ2n) is 4.03. The number of aromatic nitrogens is 2. The molecule has 0 radical (unpaired) electrons. The lowest BCUT2D eigenvalue weighted by Crippen LogP contribution is -2.04. The molecule has 0 bridgehead atoms. The molecule has 0 aliphatic heterocycles. The smallest absolute Gasteiger partial charge is 0.144 e. The number of benzene rings is 1. The second kappa shape index (κ2) is 4.13. The Morgan fingerprint density at radius 3 is 3.00 bits per heavy atom. The third-order valence-electron chi connectivity index (χ3n) is 2.93. The third kappa shape index (κ3) is 1.73. The minimum Gasteiger partial charge on any atom is -0.330 e. The Balaban J connectivity index is 2.36. The van der Waals surface area contributed by atoms with Crippen LogP contribution < -0.4 is 5.73 Å². The summed E-state index contributed by atoms with van der Waals surface area (Å²) in [4.78, 5) is 4.49. The number of pyridine rings is 1. The summed E-state index contributed by atoms with van der Waals surface area (Å²) < 4.78 is 3.18. The van der Waals surface area contributed by atoms with Crippen LogP contribution >= 0.6 is 15.9 Å². The summed E-state index contributed by atoms with van der Waals surface area (Å²) in [5.41, 5.74) is 7.75. The molecule has 86 valence electrons. The van der Waals surface area contributed by atoms with Crippen LogP contribution in [0.25, 0.3) is 16.4 Å². The fraction of sp³-hybridized carbons (Fsp3) is 0.154. The van der Waals surface area contributed by atoms with E-state index in [2.05, 4.69) is 49.7 Å². The molecule has 0 spiro atoms. The largest absolute Gasteiger partial charge is 0.330 e. The Bertz CT molecular complexity index is 688. The maximum atomic E-state index is 5.60. The summed E-state index contributed by atoms with van der Waals surface area (Å²) >= 11 is 3.50. The molecule has 17 heavy (non-hydrogen) atoms. The zero-order valence-corrected chi connectivity index (χ0v) is 10.8. The lowest BCUT2D eigenvalue weighted by atomic mass is 10.2. The SMILES string of the molecule is NCCc1cnc2c3cc(Br)ccc3ccn12. The molecule has 0 saturated carbocycles. The van der Waals surface area contributed by atoms with Gasteiger partial charge < -0.3 is 10.1 Å². The van der Waals surface area contributed by atoms with Crippen LogP contribution in [-0.2, 0) is 6.42 Å². The summed E-state index contributed by atoms with van der Waals surface area (Å²) in [5, 5.41) is 2.36. The highest BCUT2D eigenvalue weighted by molar-refractivity contribution is 9.10. The molecule has 3 aromatic rings. The number of imidazole rings is 1. The zero-order chi connectivity index (χ0) is 11.8. The predicted molar refractivity (Wildman–Crippen MR) is 73.2 cm³/mol. The zero-order valence-electron chi connectivity index (χ0n) is 9.23. The molecule has 0 saturated heterocycles. The van der Waals surface area contributed by atoms with Crippen molar-refractivity contribution in [2.75, 3.05) is 6.54 Å². The van der Waals surface area contributed by atoms with Gasteiger partial charge in [0.15, 0.2) is 0 Å². The highest BCUT2D eigenvalue weighted by Gasteiger charge is 2.06. The first-order valence-electron chi connectivity index (χ1n) is 5.54. The van der Waals surface area contributed by atoms with Crippen LogP contribution in [-0.4, -0.2) is 15.9 Å². The van der Waals surface area contributed by atoms with Crippen LogP contribution in [0.15, 0.2) is 41.1 Å². The lowest BCUT2D eigenvalue weighted by molar-refractivity contribution is 0.906. The van der Waals surface area contributed by atoms with Crippen LogP contribution in [0.2, 0.25) is 0 Å². The van der Waals surface area contributed by atoms with Crippen molar-refractivity contribution in [2.24, 2.45) is 5.73 Å². The molecule has 2 heterocycles. The Hall–Kier alpha value is -1.39. The van der Waals surface area contributed by atoms with Gasteiger partial charge in [-0.25, -0.2) is 4.98 Å². The van der Waals surface area contributed by atoms with Gasteiger partial charge in [0.1, 0.15) is 5.65 Å². The monoisotopic (exact) mass is 289 g/mol. The van der Waals surface area contributed by atoms with Crippen molar-refractivity contribution in [1.29, 1.82) is 0 Å². The van der Waals surface area contributed by atoms with Crippen molar-refractivity contribution < 1.29 is 0 Å². The van der Waals surface area contributed by atoms with Gasteiger partial charge in [-0.3, -0.25) is 0 Å². The molecule has 0 atom stereocenters. The first kappa shape index (κ1) is 10.7. The predicted octanol–water partition coefficient (Wildman–Crippen LogP) is 2.75. The molecule has 0 amide bonds. The van der Waals surface area contributed by atoms with Crippen LogP contribution in [0, 0.1) is 0 Å². The molecule has 0 aliphatic rings. The normalized spacial score (nSPS) is 11.4. The topological polar surface area (TPSA) is 43.3 Å². The highest BCUT2D eigenvalue weighted by atomic mass is 79.9. The van der Waals surface area contributed by atoms with E-state index >= 15 is 0 Å². The van der Waals surface area contributed by atoms with Crippen LogP contribution in [0.4, 0.5) is 0 Å². The van der Waals surface area contributed by atoms with E-state index < -0.39 is 0 Å². The molecule has 0 unspecified atom stereocenters. The molecule has 0 aliphatic carbocycles. The Kier molecular flexibility index (Phi) is 2.61. The Morgan fingerprint density at radius 2 is 2.18 bits per heavy atom. The molecule has 0 fully saturated rings. The quantitative estimate of drug-likeness (QED) is 0.788. The number of hydrogen-bond donors (Lipinski definition) is 1. The van der Waals surface area contributed by atoms with E-state index in [-0.39, 0.29) is 0 Å². The molecule has 3 rings (SSSR count). The van der Waals surface area contributed by atoms with Crippen molar-refractivity contribution in [1.82, 2.24) is 9.38 Å². The minimum absolute atomic E-state index is 0.643. The summed E-state index contributed by atoms with van der Waals surface area (Å²) in [6.45, 7) is 0.643. The molecular formula is C13H12BrN3. The van der Waals surface area contributed by atoms with Crippen molar-refractivity contribution in [3.8, 4) is 0 Å². The van der Waals surface area contributed by atoms with E-state index in [1.165, 1.54) is 5.39 Å². The third-order valence-corrected chi connectivity index (χ3v) is 3.43. The van der Waals surface area contributed by atoms with Gasteiger partial charge in [-0.1, -0.05) is 22.0 Å². The van der Waals surface area contributed by atoms with Gasteiger partial charge >= 0.3 is 0 Å². The van der Waals surface area contributed by atoms with E-state index in [4.69, 9.17) is 5.73 Å². The number of fused-ring (bicyclic) bond motifs is 3. The van der Waals surface area contributed by atoms with Gasteiger partial charge in [0.2, 0.25) is 0 Å². The van der Waals surface area contributed by atoms with Gasteiger partial charge in [0.05, 0.1) is 0 Å². The van der Waals surface area contributed by atoms with Crippen LogP contribution in [0.5, 0.6) is 0 Å².